The number of nitrogens with zero attached hydrogens (tertiary/aromatic N) is 1. The van der Waals surface area contributed by atoms with Crippen molar-refractivity contribution in [2.45, 2.75) is 37.3 Å². The molecule has 0 aromatic heterocycles. The summed E-state index contributed by atoms with van der Waals surface area (Å²) < 4.78 is 42.7. The minimum absolute atomic E-state index is 0.0202. The Bertz CT molecular complexity index is 1180. The maximum absolute atomic E-state index is 13.2. The number of amides is 1. The lowest BCUT2D eigenvalue weighted by molar-refractivity contribution is -0.150. The van der Waals surface area contributed by atoms with E-state index in [1.165, 1.54) is 26.4 Å². The standard InChI is InChI=1S/C23H28N2O8S/c1-14-5-7-18(9-15(14)2)34(29,30)25-12-16(26)10-20(25)23(28)33-13-22(27)24-19-8-6-17(31-3)11-21(19)32-4/h5-9,11,16,20,26H,10,12-13H2,1-4H3,(H,24,27)/t16?,20-/m0/s1. The van der Waals surface area contributed by atoms with E-state index in [0.717, 1.165) is 15.4 Å². The van der Waals surface area contributed by atoms with Gasteiger partial charge in [-0.25, -0.2) is 8.42 Å². The van der Waals surface area contributed by atoms with Gasteiger partial charge in [-0.3, -0.25) is 9.59 Å². The number of aliphatic hydroxyl groups is 1. The van der Waals surface area contributed by atoms with Crippen LogP contribution in [0.2, 0.25) is 0 Å². The van der Waals surface area contributed by atoms with Gasteiger partial charge in [0.05, 0.1) is 30.9 Å². The summed E-state index contributed by atoms with van der Waals surface area (Å²) in [5.41, 5.74) is 2.06. The van der Waals surface area contributed by atoms with E-state index in [0.29, 0.717) is 17.2 Å². The molecular weight excluding hydrogens is 464 g/mol. The van der Waals surface area contributed by atoms with Gasteiger partial charge in [-0.15, -0.1) is 0 Å². The van der Waals surface area contributed by atoms with Crippen LogP contribution in [0.3, 0.4) is 0 Å². The quantitative estimate of drug-likeness (QED) is 0.532. The van der Waals surface area contributed by atoms with E-state index >= 15 is 0 Å². The van der Waals surface area contributed by atoms with Crippen LogP contribution < -0.4 is 14.8 Å². The van der Waals surface area contributed by atoms with E-state index in [4.69, 9.17) is 14.2 Å². The summed E-state index contributed by atoms with van der Waals surface area (Å²) in [6.07, 6.45) is -1.16. The van der Waals surface area contributed by atoms with Gasteiger partial charge < -0.3 is 24.6 Å². The molecule has 2 atom stereocenters. The zero-order valence-corrected chi connectivity index (χ0v) is 20.2. The Morgan fingerprint density at radius 1 is 1.09 bits per heavy atom. The fourth-order valence-electron chi connectivity index (χ4n) is 3.59. The molecule has 0 spiro atoms. The van der Waals surface area contributed by atoms with E-state index in [2.05, 4.69) is 5.32 Å². The largest absolute Gasteiger partial charge is 0.497 e. The molecule has 1 aliphatic rings. The average molecular weight is 493 g/mol. The zero-order valence-electron chi connectivity index (χ0n) is 19.4. The predicted octanol–water partition coefficient (Wildman–Crippen LogP) is 1.63. The van der Waals surface area contributed by atoms with Crippen LogP contribution in [0.25, 0.3) is 0 Å². The summed E-state index contributed by atoms with van der Waals surface area (Å²) in [5, 5.41) is 12.7. The Balaban J connectivity index is 1.68. The van der Waals surface area contributed by atoms with Crippen molar-refractivity contribution in [2.75, 3.05) is 32.7 Å². The molecule has 0 saturated carbocycles. The summed E-state index contributed by atoms with van der Waals surface area (Å²) in [5.74, 6) is -0.672. The lowest BCUT2D eigenvalue weighted by Crippen LogP contribution is -2.42. The van der Waals surface area contributed by atoms with E-state index in [9.17, 15) is 23.1 Å². The topological polar surface area (TPSA) is 131 Å². The number of nitrogens with one attached hydrogen (secondary N) is 1. The maximum atomic E-state index is 13.2. The van der Waals surface area contributed by atoms with Crippen molar-refractivity contribution in [2.24, 2.45) is 0 Å². The molecule has 0 bridgehead atoms. The Hall–Kier alpha value is -3.15. The van der Waals surface area contributed by atoms with Crippen molar-refractivity contribution in [3.8, 4) is 11.5 Å². The minimum Gasteiger partial charge on any atom is -0.497 e. The van der Waals surface area contributed by atoms with Crippen LogP contribution in [-0.2, 0) is 24.3 Å². The molecular formula is C23H28N2O8S. The fraction of sp³-hybridized carbons (Fsp3) is 0.391. The maximum Gasteiger partial charge on any atom is 0.325 e. The van der Waals surface area contributed by atoms with E-state index in [1.807, 2.05) is 6.92 Å². The third-order valence-corrected chi connectivity index (χ3v) is 7.49. The summed E-state index contributed by atoms with van der Waals surface area (Å²) in [6, 6.07) is 8.19. The van der Waals surface area contributed by atoms with Crippen LogP contribution in [0.4, 0.5) is 5.69 Å². The highest BCUT2D eigenvalue weighted by atomic mass is 32.2. The summed E-state index contributed by atoms with van der Waals surface area (Å²) in [7, 11) is -1.14. The van der Waals surface area contributed by atoms with Crippen LogP contribution >= 0.6 is 0 Å². The second-order valence-corrected chi connectivity index (χ2v) is 9.84. The number of β-amino-alcohol motifs (C(OH)–C–C–N with tert-alkyl or cyclic N) is 1. The second kappa shape index (κ2) is 10.4. The normalized spacial score (nSPS) is 18.4. The number of ether oxygens (including phenoxy) is 3. The highest BCUT2D eigenvalue weighted by Crippen LogP contribution is 2.30. The average Bonchev–Trinajstić information content (AvgIpc) is 3.22. The molecule has 1 aliphatic heterocycles. The van der Waals surface area contributed by atoms with Gasteiger partial charge >= 0.3 is 5.97 Å². The number of hydrogen-bond donors (Lipinski definition) is 2. The molecule has 1 fully saturated rings. The molecule has 11 heteroatoms. The van der Waals surface area contributed by atoms with Crippen molar-refractivity contribution < 1.29 is 37.3 Å². The Morgan fingerprint density at radius 2 is 1.82 bits per heavy atom. The molecule has 10 nitrogen and oxygen atoms in total. The van der Waals surface area contributed by atoms with Gasteiger partial charge in [-0.1, -0.05) is 6.07 Å². The lowest BCUT2D eigenvalue weighted by atomic mass is 10.1. The van der Waals surface area contributed by atoms with Crippen LogP contribution in [0, 0.1) is 13.8 Å². The monoisotopic (exact) mass is 492 g/mol. The molecule has 0 aliphatic carbocycles. The van der Waals surface area contributed by atoms with E-state index in [1.54, 1.807) is 31.2 Å². The number of aryl methyl sites for hydroxylation is 2. The van der Waals surface area contributed by atoms with Gasteiger partial charge in [0.1, 0.15) is 17.5 Å². The van der Waals surface area contributed by atoms with Crippen molar-refractivity contribution >= 4 is 27.6 Å². The molecule has 2 N–H and O–H groups in total. The number of carbonyl (C=O) groups is 2. The summed E-state index contributed by atoms with van der Waals surface area (Å²) in [4.78, 5) is 25.1. The first-order valence-corrected chi connectivity index (χ1v) is 12.0. The molecule has 2 aromatic carbocycles. The van der Waals surface area contributed by atoms with Crippen LogP contribution in [0.1, 0.15) is 17.5 Å². The van der Waals surface area contributed by atoms with Gasteiger partial charge in [-0.2, -0.15) is 4.31 Å². The molecule has 1 amide bonds. The van der Waals surface area contributed by atoms with Gasteiger partial charge in [0.25, 0.3) is 5.91 Å². The van der Waals surface area contributed by atoms with Crippen LogP contribution in [0.5, 0.6) is 11.5 Å². The van der Waals surface area contributed by atoms with Crippen LogP contribution in [0.15, 0.2) is 41.3 Å². The molecule has 34 heavy (non-hydrogen) atoms. The van der Waals surface area contributed by atoms with Crippen molar-refractivity contribution in [3.63, 3.8) is 0 Å². The number of esters is 1. The van der Waals surface area contributed by atoms with Crippen molar-refractivity contribution in [1.29, 1.82) is 0 Å². The highest BCUT2D eigenvalue weighted by Gasteiger charge is 2.44. The third-order valence-electron chi connectivity index (χ3n) is 5.62. The van der Waals surface area contributed by atoms with Gasteiger partial charge in [0.15, 0.2) is 6.61 Å². The fourth-order valence-corrected chi connectivity index (χ4v) is 5.31. The Morgan fingerprint density at radius 3 is 2.47 bits per heavy atom. The first-order valence-electron chi connectivity index (χ1n) is 10.5. The number of rotatable bonds is 8. The molecule has 1 heterocycles. The van der Waals surface area contributed by atoms with Gasteiger partial charge in [-0.05, 0) is 49.2 Å². The highest BCUT2D eigenvalue weighted by molar-refractivity contribution is 7.89. The summed E-state index contributed by atoms with van der Waals surface area (Å²) >= 11 is 0. The zero-order chi connectivity index (χ0) is 25.0. The van der Waals surface area contributed by atoms with E-state index < -0.39 is 40.7 Å². The number of methoxy groups -OCH3 is 2. The number of carbonyl (C=O) groups excluding carboxylic acids is 2. The van der Waals surface area contributed by atoms with Gasteiger partial charge in [0.2, 0.25) is 10.0 Å². The van der Waals surface area contributed by atoms with Crippen molar-refractivity contribution in [1.82, 2.24) is 4.31 Å². The number of aliphatic hydroxyl groups excluding tert-OH is 1. The second-order valence-electron chi connectivity index (χ2n) is 7.95. The first kappa shape index (κ1) is 25.5. The number of benzene rings is 2. The van der Waals surface area contributed by atoms with Crippen molar-refractivity contribution in [3.05, 3.63) is 47.5 Å². The lowest BCUT2D eigenvalue weighted by Gasteiger charge is -2.22. The van der Waals surface area contributed by atoms with Crippen LogP contribution in [-0.4, -0.2) is 69.2 Å². The number of anilines is 1. The molecule has 2 aromatic rings. The molecule has 184 valence electrons. The molecule has 1 unspecified atom stereocenters. The predicted molar refractivity (Wildman–Crippen MR) is 123 cm³/mol. The molecule has 1 saturated heterocycles. The SMILES string of the molecule is COc1ccc(NC(=O)COC(=O)[C@@H]2CC(O)CN2S(=O)(=O)c2ccc(C)c(C)c2)c(OC)c1. The molecule has 0 radical (unpaired) electrons. The smallest absolute Gasteiger partial charge is 0.325 e. The Labute approximate surface area is 198 Å². The Kier molecular flexibility index (Phi) is 7.80. The minimum atomic E-state index is -4.06. The van der Waals surface area contributed by atoms with Gasteiger partial charge in [0, 0.05) is 19.0 Å². The third kappa shape index (κ3) is 5.49. The van der Waals surface area contributed by atoms with E-state index in [-0.39, 0.29) is 17.9 Å². The molecule has 3 rings (SSSR count). The summed E-state index contributed by atoms with van der Waals surface area (Å²) in [6.45, 7) is 2.76. The number of sulfonamides is 1. The first-order chi connectivity index (χ1) is 16.1. The number of hydrogen-bond acceptors (Lipinski definition) is 8.